The molecule has 1 fully saturated rings. The smallest absolute Gasteiger partial charge is 0.387 e. The first kappa shape index (κ1) is 39.4. The van der Waals surface area contributed by atoms with Gasteiger partial charge in [-0.2, -0.15) is 0 Å². The molecule has 0 aromatic heterocycles. The van der Waals surface area contributed by atoms with Gasteiger partial charge in [-0.15, -0.1) is 0 Å². The van der Waals surface area contributed by atoms with Crippen LogP contribution in [0.2, 0.25) is 0 Å². The summed E-state index contributed by atoms with van der Waals surface area (Å²) in [6, 6.07) is 0. The topological polar surface area (TPSA) is 448 Å². The third-order valence-corrected chi connectivity index (χ3v) is 5.10. The van der Waals surface area contributed by atoms with Gasteiger partial charge in [0.25, 0.3) is 0 Å². The Morgan fingerprint density at radius 2 is 0.562 bits per heavy atom. The van der Waals surface area contributed by atoms with Gasteiger partial charge < -0.3 is 74.0 Å². The van der Waals surface area contributed by atoms with E-state index in [1.54, 1.807) is 0 Å². The minimum absolute atomic E-state index is 0. The summed E-state index contributed by atoms with van der Waals surface area (Å²) in [7, 11) is -22.5. The first-order valence-corrected chi connectivity index (χ1v) is 12.6. The predicted octanol–water partition coefficient (Wildman–Crippen LogP) is -2.72. The molecule has 0 bridgehead atoms. The quantitative estimate of drug-likeness (QED) is 0.132. The van der Waals surface area contributed by atoms with Crippen molar-refractivity contribution in [3.63, 3.8) is 0 Å². The molecule has 1 saturated carbocycles. The van der Waals surface area contributed by atoms with Crippen LogP contribution in [0.3, 0.4) is 0 Å². The molecular weight excluding hydrogens is 540 g/mol. The summed E-state index contributed by atoms with van der Waals surface area (Å²) in [5, 5.41) is 19.8. The van der Waals surface area contributed by atoms with Crippen molar-refractivity contribution in [1.29, 1.82) is 0 Å². The Bertz CT molecular complexity index is 682. The molecule has 22 nitrogen and oxygen atoms in total. The van der Waals surface area contributed by atoms with E-state index in [0.717, 1.165) is 0 Å². The summed E-state index contributed by atoms with van der Waals surface area (Å²) in [5.41, 5.74) is 0. The number of hydrogen-bond acceptors (Lipinski definition) is 14. The lowest BCUT2D eigenvalue weighted by Crippen LogP contribution is -2.65. The van der Waals surface area contributed by atoms with Crippen LogP contribution in [0.25, 0.3) is 0 Å². The zero-order valence-electron chi connectivity index (χ0n) is 15.8. The van der Waals surface area contributed by atoms with Crippen molar-refractivity contribution >= 4 is 31.3 Å². The van der Waals surface area contributed by atoms with Gasteiger partial charge in [-0.1, -0.05) is 0 Å². The van der Waals surface area contributed by atoms with Crippen molar-refractivity contribution in [3.8, 4) is 0 Å². The minimum atomic E-state index is -5.67. The predicted molar refractivity (Wildman–Crippen MR) is 99.8 cm³/mol. The van der Waals surface area contributed by atoms with Crippen LogP contribution in [0.1, 0.15) is 0 Å². The lowest BCUT2D eigenvalue weighted by Gasteiger charge is -2.45. The van der Waals surface area contributed by atoms with Crippen molar-refractivity contribution < 1.29 is 85.7 Å². The molecule has 26 heteroatoms. The van der Waals surface area contributed by atoms with Crippen LogP contribution < -0.4 is 24.6 Å². The average Bonchev–Trinajstić information content (AvgIpc) is 2.39. The Balaban J connectivity index is -0.000000980. The molecule has 0 amide bonds. The van der Waals surface area contributed by atoms with Crippen molar-refractivity contribution in [2.45, 2.75) is 36.6 Å². The zero-order valence-corrected chi connectivity index (χ0v) is 19.4. The van der Waals surface area contributed by atoms with Crippen LogP contribution in [0.15, 0.2) is 0 Å². The second-order valence-electron chi connectivity index (χ2n) is 5.22. The molecule has 1 aliphatic carbocycles. The highest BCUT2D eigenvalue weighted by atomic mass is 31.2. The Kier molecular flexibility index (Phi) is 16.4. The standard InChI is InChI=1S/C6H16O18P4.4H3N/c7-1-2(8)4(22-26(12,13)14)6(24-28(18,19)20)5(23-27(15,16)17)3(1)21-25(9,10)11;;;;/h1-8H,(H2,9,10,11)(H2,12,13,14)(H2,15,16,17)(H2,18,19,20);4*1H3/t1-,2-,3-,4+,5-,6-;;;;/m0..../s1. The largest absolute Gasteiger partial charge is 0.470 e. The molecule has 6 atom stereocenters. The lowest BCUT2D eigenvalue weighted by atomic mass is 9.85. The third kappa shape index (κ3) is 13.2. The molecule has 32 heavy (non-hydrogen) atoms. The SMILES string of the molecule is N.N.N.N.O=P(O)(O)O[C@@H]1[C@@H](OP(=O)(O)O)[C@@H](OP(=O)(O)O)[C@@H](O)[C@H](O)[C@H]1OP(=O)(O)O. The van der Waals surface area contributed by atoms with Crippen LogP contribution in [0, 0.1) is 0 Å². The van der Waals surface area contributed by atoms with Gasteiger partial charge in [0.05, 0.1) is 0 Å². The maximum atomic E-state index is 11.1. The molecule has 0 saturated heterocycles. The van der Waals surface area contributed by atoms with Gasteiger partial charge in [0.15, 0.2) is 0 Å². The van der Waals surface area contributed by atoms with Crippen molar-refractivity contribution in [2.24, 2.45) is 0 Å². The third-order valence-electron chi connectivity index (χ3n) is 3.03. The van der Waals surface area contributed by atoms with Crippen LogP contribution in [0.4, 0.5) is 0 Å². The van der Waals surface area contributed by atoms with Gasteiger partial charge in [-0.3, -0.25) is 18.1 Å². The van der Waals surface area contributed by atoms with Gasteiger partial charge in [0.2, 0.25) is 0 Å². The number of aliphatic hydroxyl groups is 2. The summed E-state index contributed by atoms with van der Waals surface area (Å²) in [6.07, 6.45) is -15.9. The van der Waals surface area contributed by atoms with Crippen molar-refractivity contribution in [1.82, 2.24) is 24.6 Å². The molecule has 1 rings (SSSR count). The Labute approximate surface area is 179 Å². The number of phosphoric acid groups is 4. The van der Waals surface area contributed by atoms with E-state index in [-0.39, 0.29) is 24.6 Å². The molecular formula is C6H28N4O18P4. The molecule has 1 aliphatic rings. The first-order valence-electron chi connectivity index (χ1n) is 6.52. The highest BCUT2D eigenvalue weighted by Gasteiger charge is 2.58. The van der Waals surface area contributed by atoms with Gasteiger partial charge in [-0.25, -0.2) is 18.3 Å². The van der Waals surface area contributed by atoms with E-state index in [9.17, 15) is 28.5 Å². The molecule has 0 aliphatic heterocycles. The molecule has 200 valence electrons. The fourth-order valence-corrected chi connectivity index (χ4v) is 4.51. The maximum Gasteiger partial charge on any atom is 0.470 e. The molecule has 22 N–H and O–H groups in total. The fourth-order valence-electron chi connectivity index (χ4n) is 2.27. The first-order chi connectivity index (χ1) is 12.2. The van der Waals surface area contributed by atoms with Crippen molar-refractivity contribution in [2.75, 3.05) is 0 Å². The minimum Gasteiger partial charge on any atom is -0.387 e. The Morgan fingerprint density at radius 1 is 0.406 bits per heavy atom. The molecule has 0 aromatic rings. The van der Waals surface area contributed by atoms with Gasteiger partial charge >= 0.3 is 31.3 Å². The van der Waals surface area contributed by atoms with Gasteiger partial charge in [0, 0.05) is 0 Å². The van der Waals surface area contributed by atoms with Crippen LogP contribution >= 0.6 is 31.3 Å². The van der Waals surface area contributed by atoms with Crippen LogP contribution in [-0.2, 0) is 36.4 Å². The van der Waals surface area contributed by atoms with Crippen molar-refractivity contribution in [3.05, 3.63) is 0 Å². The molecule has 0 heterocycles. The molecule has 0 aromatic carbocycles. The summed E-state index contributed by atoms with van der Waals surface area (Å²) in [5.74, 6) is 0. The summed E-state index contributed by atoms with van der Waals surface area (Å²) in [6.45, 7) is 0. The summed E-state index contributed by atoms with van der Waals surface area (Å²) in [4.78, 5) is 71.1. The Hall–Kier alpha value is 0.200. The van der Waals surface area contributed by atoms with E-state index in [0.29, 0.717) is 0 Å². The second kappa shape index (κ2) is 13.3. The van der Waals surface area contributed by atoms with E-state index < -0.39 is 67.9 Å². The Morgan fingerprint density at radius 3 is 0.719 bits per heavy atom. The number of aliphatic hydroxyl groups excluding tert-OH is 2. The number of phosphoric ester groups is 4. The van der Waals surface area contributed by atoms with E-state index in [2.05, 4.69) is 18.1 Å². The van der Waals surface area contributed by atoms with E-state index in [1.807, 2.05) is 0 Å². The van der Waals surface area contributed by atoms with Crippen LogP contribution in [0.5, 0.6) is 0 Å². The molecule has 0 radical (unpaired) electrons. The number of hydrogen-bond donors (Lipinski definition) is 14. The highest BCUT2D eigenvalue weighted by Crippen LogP contribution is 2.52. The summed E-state index contributed by atoms with van der Waals surface area (Å²) >= 11 is 0. The van der Waals surface area contributed by atoms with E-state index in [4.69, 9.17) is 39.1 Å². The highest BCUT2D eigenvalue weighted by molar-refractivity contribution is 7.47. The molecule has 0 spiro atoms. The fraction of sp³-hybridized carbons (Fsp3) is 1.00. The second-order valence-corrected chi connectivity index (χ2v) is 9.99. The zero-order chi connectivity index (χ0) is 22.3. The maximum absolute atomic E-state index is 11.1. The lowest BCUT2D eigenvalue weighted by molar-refractivity contribution is -0.209. The number of rotatable bonds is 8. The van der Waals surface area contributed by atoms with Gasteiger partial charge in [0.1, 0.15) is 36.6 Å². The van der Waals surface area contributed by atoms with E-state index in [1.165, 1.54) is 0 Å². The van der Waals surface area contributed by atoms with Gasteiger partial charge in [-0.05, 0) is 0 Å². The molecule has 0 unspecified atom stereocenters. The van der Waals surface area contributed by atoms with Crippen LogP contribution in [-0.4, -0.2) is 86.0 Å². The average molecular weight is 568 g/mol. The normalized spacial score (nSPS) is 28.9. The summed E-state index contributed by atoms with van der Waals surface area (Å²) < 4.78 is 60.6. The monoisotopic (exact) mass is 568 g/mol. The van der Waals surface area contributed by atoms with E-state index >= 15 is 0 Å².